The zero-order valence-corrected chi connectivity index (χ0v) is 12.7. The Labute approximate surface area is 124 Å². The molecule has 1 saturated carbocycles. The van der Waals surface area contributed by atoms with E-state index in [2.05, 4.69) is 15.0 Å². The number of rotatable bonds is 5. The molecule has 1 aliphatic rings. The first-order valence-electron chi connectivity index (χ1n) is 7.58. The number of nitrogens with zero attached hydrogens (tertiary/aromatic N) is 2. The maximum absolute atomic E-state index is 12.6. The van der Waals surface area contributed by atoms with Crippen molar-refractivity contribution in [1.29, 1.82) is 0 Å². The molecule has 6 nitrogen and oxygen atoms in total. The first kappa shape index (κ1) is 15.5. The number of nitrogens with one attached hydrogen (secondary N) is 1. The van der Waals surface area contributed by atoms with Crippen molar-refractivity contribution in [2.45, 2.75) is 52.0 Å². The molecule has 0 aromatic carbocycles. The predicted molar refractivity (Wildman–Crippen MR) is 78.6 cm³/mol. The lowest BCUT2D eigenvalue weighted by Crippen LogP contribution is -2.45. The van der Waals surface area contributed by atoms with E-state index in [-0.39, 0.29) is 30.3 Å². The van der Waals surface area contributed by atoms with E-state index in [1.165, 1.54) is 12.7 Å². The molecule has 0 atom stereocenters. The molecule has 1 aromatic heterocycles. The maximum atomic E-state index is 12.6. The van der Waals surface area contributed by atoms with Crippen LogP contribution in [-0.4, -0.2) is 34.5 Å². The van der Waals surface area contributed by atoms with E-state index >= 15 is 0 Å². The summed E-state index contributed by atoms with van der Waals surface area (Å²) < 4.78 is 4.67. The molecule has 2 amide bonds. The molecule has 6 heteroatoms. The number of amides is 2. The Morgan fingerprint density at radius 1 is 1.38 bits per heavy atom. The molecule has 1 N–H and O–H groups in total. The fourth-order valence-corrected chi connectivity index (χ4v) is 2.71. The number of carbonyl (C=O) groups excluding carboxylic acids is 2. The number of hydrogen-bond donors (Lipinski definition) is 1. The summed E-state index contributed by atoms with van der Waals surface area (Å²) in [6, 6.07) is 1.57. The average molecular weight is 293 g/mol. The molecule has 21 heavy (non-hydrogen) atoms. The Hall–Kier alpha value is -1.85. The highest BCUT2D eigenvalue weighted by atomic mass is 16.5. The molecule has 1 fully saturated rings. The van der Waals surface area contributed by atoms with Crippen LogP contribution in [0.5, 0.6) is 0 Å². The van der Waals surface area contributed by atoms with E-state index in [9.17, 15) is 9.59 Å². The standard InChI is InChI=1S/C15H23N3O3/c1-11(2)18(15(20)12-6-4-3-5-7-12)10-14(19)16-13-8-9-21-17-13/h8-9,11-12H,3-7,10H2,1-2H3,(H,16,17,19). The van der Waals surface area contributed by atoms with Gasteiger partial charge in [0.2, 0.25) is 11.8 Å². The highest BCUT2D eigenvalue weighted by molar-refractivity contribution is 5.94. The molecule has 116 valence electrons. The fourth-order valence-electron chi connectivity index (χ4n) is 2.71. The van der Waals surface area contributed by atoms with Crippen LogP contribution in [0.1, 0.15) is 46.0 Å². The Kier molecular flexibility index (Phi) is 5.36. The lowest BCUT2D eigenvalue weighted by molar-refractivity contribution is -0.141. The summed E-state index contributed by atoms with van der Waals surface area (Å²) in [5, 5.41) is 6.26. The van der Waals surface area contributed by atoms with Gasteiger partial charge in [-0.05, 0) is 26.7 Å². The van der Waals surface area contributed by atoms with Crippen LogP contribution in [-0.2, 0) is 9.59 Å². The van der Waals surface area contributed by atoms with Gasteiger partial charge in [0.05, 0.1) is 0 Å². The van der Waals surface area contributed by atoms with Gasteiger partial charge in [-0.2, -0.15) is 0 Å². The van der Waals surface area contributed by atoms with Gasteiger partial charge in [0.15, 0.2) is 5.82 Å². The predicted octanol–water partition coefficient (Wildman–Crippen LogP) is 2.43. The molecule has 0 aliphatic heterocycles. The average Bonchev–Trinajstić information content (AvgIpc) is 2.97. The minimum Gasteiger partial charge on any atom is -0.363 e. The van der Waals surface area contributed by atoms with Gasteiger partial charge in [-0.1, -0.05) is 24.4 Å². The van der Waals surface area contributed by atoms with Crippen molar-refractivity contribution in [3.8, 4) is 0 Å². The summed E-state index contributed by atoms with van der Waals surface area (Å²) in [6.07, 6.45) is 6.68. The van der Waals surface area contributed by atoms with Gasteiger partial charge in [-0.15, -0.1) is 0 Å². The quantitative estimate of drug-likeness (QED) is 0.904. The molecule has 0 spiro atoms. The number of aromatic nitrogens is 1. The summed E-state index contributed by atoms with van der Waals surface area (Å²) in [5.41, 5.74) is 0. The second-order valence-electron chi connectivity index (χ2n) is 5.83. The van der Waals surface area contributed by atoms with E-state index in [0.717, 1.165) is 25.7 Å². The first-order valence-corrected chi connectivity index (χ1v) is 7.58. The summed E-state index contributed by atoms with van der Waals surface area (Å²) in [5.74, 6) is 0.289. The maximum Gasteiger partial charge on any atom is 0.245 e. The van der Waals surface area contributed by atoms with Crippen molar-refractivity contribution in [1.82, 2.24) is 10.1 Å². The van der Waals surface area contributed by atoms with E-state index in [4.69, 9.17) is 0 Å². The van der Waals surface area contributed by atoms with Crippen molar-refractivity contribution in [3.05, 3.63) is 12.3 Å². The molecule has 1 heterocycles. The Morgan fingerprint density at radius 2 is 2.10 bits per heavy atom. The first-order chi connectivity index (χ1) is 10.1. The number of anilines is 1. The lowest BCUT2D eigenvalue weighted by Gasteiger charge is -2.31. The van der Waals surface area contributed by atoms with Gasteiger partial charge < -0.3 is 14.7 Å². The van der Waals surface area contributed by atoms with Gasteiger partial charge in [0, 0.05) is 18.0 Å². The molecule has 0 unspecified atom stereocenters. The zero-order valence-electron chi connectivity index (χ0n) is 12.7. The Bertz CT molecular complexity index is 465. The van der Waals surface area contributed by atoms with Crippen molar-refractivity contribution in [3.63, 3.8) is 0 Å². The Balaban J connectivity index is 1.94. The normalized spacial score (nSPS) is 16.0. The smallest absolute Gasteiger partial charge is 0.245 e. The molecular weight excluding hydrogens is 270 g/mol. The molecule has 0 saturated heterocycles. The van der Waals surface area contributed by atoms with Crippen molar-refractivity contribution in [2.24, 2.45) is 5.92 Å². The van der Waals surface area contributed by atoms with Crippen LogP contribution in [0.15, 0.2) is 16.9 Å². The van der Waals surface area contributed by atoms with Crippen LogP contribution < -0.4 is 5.32 Å². The molecule has 0 radical (unpaired) electrons. The van der Waals surface area contributed by atoms with E-state index < -0.39 is 0 Å². The van der Waals surface area contributed by atoms with Crippen molar-refractivity contribution < 1.29 is 14.1 Å². The van der Waals surface area contributed by atoms with Crippen molar-refractivity contribution >= 4 is 17.6 Å². The summed E-state index contributed by atoms with van der Waals surface area (Å²) >= 11 is 0. The second-order valence-corrected chi connectivity index (χ2v) is 5.83. The second kappa shape index (κ2) is 7.24. The SMILES string of the molecule is CC(C)N(CC(=O)Nc1ccon1)C(=O)C1CCCCC1. The third kappa shape index (κ3) is 4.31. The van der Waals surface area contributed by atoms with Gasteiger partial charge >= 0.3 is 0 Å². The molecule has 0 bridgehead atoms. The fraction of sp³-hybridized carbons (Fsp3) is 0.667. The summed E-state index contributed by atoms with van der Waals surface area (Å²) in [7, 11) is 0. The Morgan fingerprint density at radius 3 is 2.67 bits per heavy atom. The van der Waals surface area contributed by atoms with Crippen LogP contribution in [0.25, 0.3) is 0 Å². The third-order valence-corrected chi connectivity index (χ3v) is 3.88. The van der Waals surface area contributed by atoms with Crippen LogP contribution in [0, 0.1) is 5.92 Å². The van der Waals surface area contributed by atoms with Gasteiger partial charge in [0.1, 0.15) is 12.8 Å². The zero-order chi connectivity index (χ0) is 15.2. The van der Waals surface area contributed by atoms with E-state index in [0.29, 0.717) is 5.82 Å². The highest BCUT2D eigenvalue weighted by Crippen LogP contribution is 2.26. The van der Waals surface area contributed by atoms with E-state index in [1.54, 1.807) is 11.0 Å². The van der Waals surface area contributed by atoms with Crippen LogP contribution in [0.3, 0.4) is 0 Å². The van der Waals surface area contributed by atoms with E-state index in [1.807, 2.05) is 13.8 Å². The van der Waals surface area contributed by atoms with Gasteiger partial charge in [-0.3, -0.25) is 9.59 Å². The summed E-state index contributed by atoms with van der Waals surface area (Å²) in [4.78, 5) is 26.3. The lowest BCUT2D eigenvalue weighted by atomic mass is 9.88. The van der Waals surface area contributed by atoms with Crippen molar-refractivity contribution in [2.75, 3.05) is 11.9 Å². The highest BCUT2D eigenvalue weighted by Gasteiger charge is 2.28. The van der Waals surface area contributed by atoms with Crippen LogP contribution >= 0.6 is 0 Å². The third-order valence-electron chi connectivity index (χ3n) is 3.88. The molecule has 2 rings (SSSR count). The molecule has 1 aromatic rings. The molecular formula is C15H23N3O3. The number of carbonyl (C=O) groups is 2. The minimum atomic E-state index is -0.248. The summed E-state index contributed by atoms with van der Waals surface area (Å²) in [6.45, 7) is 3.92. The topological polar surface area (TPSA) is 75.4 Å². The van der Waals surface area contributed by atoms with Gasteiger partial charge in [0.25, 0.3) is 0 Å². The number of hydrogen-bond acceptors (Lipinski definition) is 4. The largest absolute Gasteiger partial charge is 0.363 e. The van der Waals surface area contributed by atoms with Gasteiger partial charge in [-0.25, -0.2) is 0 Å². The monoisotopic (exact) mass is 293 g/mol. The molecule has 1 aliphatic carbocycles. The minimum absolute atomic E-state index is 0.00230. The van der Waals surface area contributed by atoms with Crippen LogP contribution in [0.4, 0.5) is 5.82 Å². The van der Waals surface area contributed by atoms with Crippen LogP contribution in [0.2, 0.25) is 0 Å².